The van der Waals surface area contributed by atoms with Crippen LogP contribution in [0.1, 0.15) is 31.5 Å². The van der Waals surface area contributed by atoms with Crippen molar-refractivity contribution in [2.75, 3.05) is 0 Å². The van der Waals surface area contributed by atoms with E-state index in [0.29, 0.717) is 22.6 Å². The van der Waals surface area contributed by atoms with Crippen LogP contribution in [0.25, 0.3) is 0 Å². The molecule has 5 nitrogen and oxygen atoms in total. The SMILES string of the molecule is Cc1nc(Cc2ccccc2)sc1C(=O)NN=Cc1ccc(Br)cc1O. The summed E-state index contributed by atoms with van der Waals surface area (Å²) in [6.45, 7) is 1.81. The summed E-state index contributed by atoms with van der Waals surface area (Å²) < 4.78 is 0.766. The predicted octanol–water partition coefficient (Wildman–Crippen LogP) is 4.27. The van der Waals surface area contributed by atoms with E-state index < -0.39 is 0 Å². The lowest BCUT2D eigenvalue weighted by Gasteiger charge is -2.00. The molecule has 0 aliphatic carbocycles. The van der Waals surface area contributed by atoms with E-state index in [1.807, 2.05) is 37.3 Å². The summed E-state index contributed by atoms with van der Waals surface area (Å²) >= 11 is 4.63. The third-order valence-corrected chi connectivity index (χ3v) is 5.26. The number of phenols is 1. The number of halogens is 1. The van der Waals surface area contributed by atoms with Crippen molar-refractivity contribution >= 4 is 39.4 Å². The second-order valence-corrected chi connectivity index (χ2v) is 7.59. The molecule has 0 atom stereocenters. The first-order valence-electron chi connectivity index (χ1n) is 7.85. The van der Waals surface area contributed by atoms with Crippen molar-refractivity contribution in [1.82, 2.24) is 10.4 Å². The molecule has 2 aromatic carbocycles. The van der Waals surface area contributed by atoms with Crippen LogP contribution in [0.15, 0.2) is 58.1 Å². The third kappa shape index (κ3) is 4.56. The van der Waals surface area contributed by atoms with Gasteiger partial charge < -0.3 is 5.11 Å². The first kappa shape index (κ1) is 18.3. The molecule has 26 heavy (non-hydrogen) atoms. The quantitative estimate of drug-likeness (QED) is 0.469. The van der Waals surface area contributed by atoms with Crippen molar-refractivity contribution in [2.24, 2.45) is 5.10 Å². The molecule has 2 N–H and O–H groups in total. The Balaban J connectivity index is 1.67. The van der Waals surface area contributed by atoms with Crippen molar-refractivity contribution in [3.05, 3.63) is 79.7 Å². The molecule has 7 heteroatoms. The lowest BCUT2D eigenvalue weighted by atomic mass is 10.2. The van der Waals surface area contributed by atoms with E-state index in [4.69, 9.17) is 0 Å². The van der Waals surface area contributed by atoms with E-state index in [9.17, 15) is 9.90 Å². The number of rotatable bonds is 5. The monoisotopic (exact) mass is 429 g/mol. The van der Waals surface area contributed by atoms with E-state index in [-0.39, 0.29) is 11.7 Å². The number of aromatic nitrogens is 1. The Kier molecular flexibility index (Phi) is 5.80. The minimum Gasteiger partial charge on any atom is -0.507 e. The van der Waals surface area contributed by atoms with Gasteiger partial charge in [0.25, 0.3) is 5.91 Å². The topological polar surface area (TPSA) is 74.6 Å². The Labute approximate surface area is 163 Å². The highest BCUT2D eigenvalue weighted by Gasteiger charge is 2.15. The number of hydrazone groups is 1. The molecule has 0 saturated carbocycles. The van der Waals surface area contributed by atoms with Gasteiger partial charge in [-0.1, -0.05) is 46.3 Å². The van der Waals surface area contributed by atoms with Gasteiger partial charge in [0.15, 0.2) is 0 Å². The Morgan fingerprint density at radius 1 is 1.31 bits per heavy atom. The molecular formula is C19H16BrN3O2S. The molecule has 0 unspecified atom stereocenters. The van der Waals surface area contributed by atoms with Gasteiger partial charge in [0.2, 0.25) is 0 Å². The van der Waals surface area contributed by atoms with Gasteiger partial charge in [-0.3, -0.25) is 4.79 Å². The second-order valence-electron chi connectivity index (χ2n) is 5.59. The average molecular weight is 430 g/mol. The number of aryl methyl sites for hydroxylation is 1. The maximum atomic E-state index is 12.3. The lowest BCUT2D eigenvalue weighted by Crippen LogP contribution is -2.17. The number of nitrogens with zero attached hydrogens (tertiary/aromatic N) is 2. The van der Waals surface area contributed by atoms with Crippen LogP contribution in [-0.2, 0) is 6.42 Å². The van der Waals surface area contributed by atoms with Crippen LogP contribution in [0.5, 0.6) is 5.75 Å². The van der Waals surface area contributed by atoms with E-state index in [0.717, 1.165) is 15.0 Å². The lowest BCUT2D eigenvalue weighted by molar-refractivity contribution is 0.0958. The van der Waals surface area contributed by atoms with Gasteiger partial charge >= 0.3 is 0 Å². The number of amides is 1. The number of hydrogen-bond donors (Lipinski definition) is 2. The van der Waals surface area contributed by atoms with Crippen LogP contribution < -0.4 is 5.43 Å². The molecule has 1 amide bonds. The summed E-state index contributed by atoms with van der Waals surface area (Å²) in [5.41, 5.74) is 4.83. The molecule has 0 bridgehead atoms. The normalized spacial score (nSPS) is 11.0. The summed E-state index contributed by atoms with van der Waals surface area (Å²) in [6, 6.07) is 15.0. The fourth-order valence-corrected chi connectivity index (χ4v) is 3.68. The standard InChI is InChI=1S/C19H16BrN3O2S/c1-12-18(26-17(22-12)9-13-5-3-2-4-6-13)19(25)23-21-11-14-7-8-15(20)10-16(14)24/h2-8,10-11,24H,9H2,1H3,(H,23,25). The van der Waals surface area contributed by atoms with Crippen LogP contribution in [0.2, 0.25) is 0 Å². The smallest absolute Gasteiger partial charge is 0.283 e. The molecule has 0 spiro atoms. The van der Waals surface area contributed by atoms with Crippen LogP contribution >= 0.6 is 27.3 Å². The van der Waals surface area contributed by atoms with Crippen LogP contribution in [0, 0.1) is 6.92 Å². The Morgan fingerprint density at radius 2 is 2.08 bits per heavy atom. The molecular weight excluding hydrogens is 414 g/mol. The number of benzene rings is 2. The molecule has 0 saturated heterocycles. The fourth-order valence-electron chi connectivity index (χ4n) is 2.35. The van der Waals surface area contributed by atoms with Crippen LogP contribution in [0.4, 0.5) is 0 Å². The van der Waals surface area contributed by atoms with Crippen molar-refractivity contribution in [3.8, 4) is 5.75 Å². The maximum Gasteiger partial charge on any atom is 0.283 e. The highest BCUT2D eigenvalue weighted by atomic mass is 79.9. The summed E-state index contributed by atoms with van der Waals surface area (Å²) in [5.74, 6) is -0.233. The summed E-state index contributed by atoms with van der Waals surface area (Å²) in [6.07, 6.45) is 2.09. The maximum absolute atomic E-state index is 12.3. The second kappa shape index (κ2) is 8.25. The number of hydrogen-bond acceptors (Lipinski definition) is 5. The first-order valence-corrected chi connectivity index (χ1v) is 9.46. The molecule has 1 heterocycles. The largest absolute Gasteiger partial charge is 0.507 e. The highest BCUT2D eigenvalue weighted by molar-refractivity contribution is 9.10. The zero-order chi connectivity index (χ0) is 18.5. The number of thiazole rings is 1. The fraction of sp³-hybridized carbons (Fsp3) is 0.105. The predicted molar refractivity (Wildman–Crippen MR) is 107 cm³/mol. The molecule has 0 radical (unpaired) electrons. The Morgan fingerprint density at radius 3 is 2.81 bits per heavy atom. The third-order valence-electron chi connectivity index (χ3n) is 3.61. The van der Waals surface area contributed by atoms with Gasteiger partial charge in [-0.05, 0) is 30.7 Å². The number of aromatic hydroxyl groups is 1. The molecule has 1 aromatic heterocycles. The van der Waals surface area contributed by atoms with Gasteiger partial charge in [-0.2, -0.15) is 5.10 Å². The minimum absolute atomic E-state index is 0.0801. The number of phenolic OH excluding ortho intramolecular Hbond substituents is 1. The molecule has 3 rings (SSSR count). The van der Waals surface area contributed by atoms with E-state index in [1.54, 1.807) is 18.2 Å². The van der Waals surface area contributed by atoms with Crippen molar-refractivity contribution in [2.45, 2.75) is 13.3 Å². The summed E-state index contributed by atoms with van der Waals surface area (Å²) in [4.78, 5) is 17.3. The van der Waals surface area contributed by atoms with Gasteiger partial charge in [0.05, 0.1) is 16.9 Å². The first-order chi connectivity index (χ1) is 12.5. The van der Waals surface area contributed by atoms with E-state index in [2.05, 4.69) is 31.4 Å². The summed E-state index contributed by atoms with van der Waals surface area (Å²) in [7, 11) is 0. The average Bonchev–Trinajstić information content (AvgIpc) is 2.98. The van der Waals surface area contributed by atoms with Gasteiger partial charge in [-0.15, -0.1) is 11.3 Å². The van der Waals surface area contributed by atoms with Gasteiger partial charge in [0.1, 0.15) is 10.6 Å². The van der Waals surface area contributed by atoms with E-state index >= 15 is 0 Å². The Bertz CT molecular complexity index is 955. The highest BCUT2D eigenvalue weighted by Crippen LogP contribution is 2.22. The zero-order valence-electron chi connectivity index (χ0n) is 13.9. The van der Waals surface area contributed by atoms with Gasteiger partial charge in [0, 0.05) is 16.5 Å². The number of nitrogens with one attached hydrogen (secondary N) is 1. The van der Waals surface area contributed by atoms with Crippen LogP contribution in [-0.4, -0.2) is 22.2 Å². The zero-order valence-corrected chi connectivity index (χ0v) is 16.3. The number of carbonyl (C=O) groups is 1. The van der Waals surface area contributed by atoms with Crippen LogP contribution in [0.3, 0.4) is 0 Å². The van der Waals surface area contributed by atoms with E-state index in [1.165, 1.54) is 17.6 Å². The molecule has 0 aliphatic heterocycles. The minimum atomic E-state index is -0.313. The number of carbonyl (C=O) groups excluding carboxylic acids is 1. The van der Waals surface area contributed by atoms with Crippen molar-refractivity contribution < 1.29 is 9.90 Å². The van der Waals surface area contributed by atoms with Crippen molar-refractivity contribution in [1.29, 1.82) is 0 Å². The van der Waals surface area contributed by atoms with Gasteiger partial charge in [-0.25, -0.2) is 10.4 Å². The molecule has 0 aliphatic rings. The molecule has 132 valence electrons. The summed E-state index contributed by atoms with van der Waals surface area (Å²) in [5, 5.41) is 14.6. The molecule has 3 aromatic rings. The molecule has 0 fully saturated rings. The Hall–Kier alpha value is -2.51. The van der Waals surface area contributed by atoms with Crippen molar-refractivity contribution in [3.63, 3.8) is 0 Å².